The summed E-state index contributed by atoms with van der Waals surface area (Å²) in [6.45, 7) is 0. The van der Waals surface area contributed by atoms with Crippen LogP contribution >= 0.6 is 0 Å². The molecule has 51 valence electrons. The summed E-state index contributed by atoms with van der Waals surface area (Å²) in [5.41, 5.74) is 0. The molecule has 2 saturated heterocycles. The molecule has 0 aromatic heterocycles. The first kappa shape index (κ1) is 5.69. The summed E-state index contributed by atoms with van der Waals surface area (Å²) in [6.07, 6.45) is 3.96. The number of piperidine rings is 1. The Morgan fingerprint density at radius 3 is 2.22 bits per heavy atom. The molecule has 0 amide bonds. The van der Waals surface area contributed by atoms with E-state index in [9.17, 15) is 5.11 Å². The summed E-state index contributed by atoms with van der Waals surface area (Å²) in [5, 5.41) is 14.4. The molecule has 2 bridgehead atoms. The van der Waals surface area contributed by atoms with Crippen molar-refractivity contribution < 1.29 is 5.11 Å². The number of fused-ring (bicyclic) bond motifs is 2. The number of hydrogen-bond acceptors (Lipinski definition) is 1. The van der Waals surface area contributed by atoms with Gasteiger partial charge >= 0.3 is 0 Å². The second kappa shape index (κ2) is 1.96. The molecule has 2 nitrogen and oxygen atoms in total. The fourth-order valence-corrected chi connectivity index (χ4v) is 2.01. The molecule has 0 aromatic carbocycles. The molecular formula is C7H12NO. The highest BCUT2D eigenvalue weighted by Crippen LogP contribution is 2.26. The lowest BCUT2D eigenvalue weighted by Crippen LogP contribution is -2.39. The van der Waals surface area contributed by atoms with Gasteiger partial charge in [-0.15, -0.1) is 0 Å². The minimum absolute atomic E-state index is 0.260. The van der Waals surface area contributed by atoms with Crippen molar-refractivity contribution >= 4 is 0 Å². The molecule has 0 unspecified atom stereocenters. The van der Waals surface area contributed by atoms with E-state index < -0.39 is 0 Å². The minimum atomic E-state index is -0.260. The van der Waals surface area contributed by atoms with Crippen LogP contribution in [-0.2, 0) is 5.11 Å². The van der Waals surface area contributed by atoms with Crippen LogP contribution in [0.2, 0.25) is 0 Å². The Morgan fingerprint density at radius 2 is 1.67 bits per heavy atom. The lowest BCUT2D eigenvalue weighted by molar-refractivity contribution is 0.0456. The van der Waals surface area contributed by atoms with E-state index in [2.05, 4.69) is 5.32 Å². The van der Waals surface area contributed by atoms with Crippen molar-refractivity contribution in [2.75, 3.05) is 0 Å². The van der Waals surface area contributed by atoms with Crippen molar-refractivity contribution in [1.29, 1.82) is 0 Å². The zero-order valence-electron chi connectivity index (χ0n) is 5.47. The Bertz CT molecular complexity index is 103. The molecule has 0 spiro atoms. The summed E-state index contributed by atoms with van der Waals surface area (Å²) < 4.78 is 0. The van der Waals surface area contributed by atoms with Crippen molar-refractivity contribution in [2.45, 2.75) is 43.9 Å². The van der Waals surface area contributed by atoms with Crippen LogP contribution in [0.25, 0.3) is 0 Å². The maximum atomic E-state index is 11.0. The van der Waals surface area contributed by atoms with Crippen LogP contribution in [0.5, 0.6) is 0 Å². The van der Waals surface area contributed by atoms with E-state index in [1.807, 2.05) is 0 Å². The van der Waals surface area contributed by atoms with Crippen LogP contribution in [0.3, 0.4) is 0 Å². The van der Waals surface area contributed by atoms with Gasteiger partial charge in [0.05, 0.1) is 6.10 Å². The Labute approximate surface area is 55.3 Å². The van der Waals surface area contributed by atoms with Gasteiger partial charge in [-0.1, -0.05) is 0 Å². The number of hydrogen-bond donors (Lipinski definition) is 1. The lowest BCUT2D eigenvalue weighted by atomic mass is 10.0. The summed E-state index contributed by atoms with van der Waals surface area (Å²) in [4.78, 5) is 0. The van der Waals surface area contributed by atoms with Crippen molar-refractivity contribution in [3.8, 4) is 0 Å². The van der Waals surface area contributed by atoms with Gasteiger partial charge in [-0.2, -0.15) is 0 Å². The molecule has 2 rings (SSSR count). The average Bonchev–Trinajstić information content (AvgIpc) is 2.11. The van der Waals surface area contributed by atoms with Gasteiger partial charge in [-0.05, 0) is 25.7 Å². The summed E-state index contributed by atoms with van der Waals surface area (Å²) in [5.74, 6) is 0. The van der Waals surface area contributed by atoms with Crippen molar-refractivity contribution in [3.05, 3.63) is 0 Å². The molecule has 1 N–H and O–H groups in total. The normalized spacial score (nSPS) is 49.7. The van der Waals surface area contributed by atoms with Gasteiger partial charge in [-0.25, -0.2) is 5.11 Å². The Balaban J connectivity index is 2.03. The second-order valence-corrected chi connectivity index (χ2v) is 3.23. The van der Waals surface area contributed by atoms with Gasteiger partial charge in [0.15, 0.2) is 0 Å². The highest BCUT2D eigenvalue weighted by atomic mass is 16.3. The predicted octanol–water partition coefficient (Wildman–Crippen LogP) is 0.700. The molecule has 0 saturated carbocycles. The molecular weight excluding hydrogens is 114 g/mol. The lowest BCUT2D eigenvalue weighted by Gasteiger charge is -2.23. The monoisotopic (exact) mass is 126 g/mol. The van der Waals surface area contributed by atoms with Crippen LogP contribution < -0.4 is 5.32 Å². The smallest absolute Gasteiger partial charge is 0.0959 e. The first-order valence-corrected chi connectivity index (χ1v) is 3.76. The van der Waals surface area contributed by atoms with E-state index >= 15 is 0 Å². The largest absolute Gasteiger partial charge is 0.311 e. The van der Waals surface area contributed by atoms with Crippen molar-refractivity contribution in [2.24, 2.45) is 0 Å². The number of rotatable bonds is 0. The zero-order valence-corrected chi connectivity index (χ0v) is 5.47. The third-order valence-electron chi connectivity index (χ3n) is 2.43. The minimum Gasteiger partial charge on any atom is -0.311 e. The highest BCUT2D eigenvalue weighted by molar-refractivity contribution is 4.91. The quantitative estimate of drug-likeness (QED) is 0.509. The van der Waals surface area contributed by atoms with Crippen molar-refractivity contribution in [3.63, 3.8) is 0 Å². The molecule has 3 atom stereocenters. The molecule has 2 fully saturated rings. The molecule has 9 heavy (non-hydrogen) atoms. The van der Waals surface area contributed by atoms with Crippen LogP contribution in [0.4, 0.5) is 0 Å². The van der Waals surface area contributed by atoms with Gasteiger partial charge in [0.2, 0.25) is 0 Å². The van der Waals surface area contributed by atoms with Gasteiger partial charge in [-0.3, -0.25) is 0 Å². The summed E-state index contributed by atoms with van der Waals surface area (Å²) in [7, 11) is 0. The average molecular weight is 126 g/mol. The maximum Gasteiger partial charge on any atom is 0.0959 e. The summed E-state index contributed by atoms with van der Waals surface area (Å²) in [6, 6.07) is 1.15. The van der Waals surface area contributed by atoms with Crippen molar-refractivity contribution in [1.82, 2.24) is 5.32 Å². The van der Waals surface area contributed by atoms with E-state index in [0.29, 0.717) is 12.1 Å². The highest BCUT2D eigenvalue weighted by Gasteiger charge is 2.32. The fraction of sp³-hybridized carbons (Fsp3) is 1.00. The Morgan fingerprint density at radius 1 is 1.11 bits per heavy atom. The molecule has 2 heteroatoms. The third kappa shape index (κ3) is 0.970. The third-order valence-corrected chi connectivity index (χ3v) is 2.43. The van der Waals surface area contributed by atoms with Crippen LogP contribution in [0, 0.1) is 0 Å². The molecule has 1 radical (unpaired) electrons. The molecule has 2 aliphatic heterocycles. The van der Waals surface area contributed by atoms with E-state index in [0.717, 1.165) is 12.8 Å². The predicted molar refractivity (Wildman–Crippen MR) is 33.7 cm³/mol. The van der Waals surface area contributed by atoms with Crippen LogP contribution in [0.1, 0.15) is 25.7 Å². The molecule has 2 heterocycles. The molecule has 0 aromatic rings. The van der Waals surface area contributed by atoms with E-state index in [1.165, 1.54) is 12.8 Å². The fourth-order valence-electron chi connectivity index (χ4n) is 2.01. The van der Waals surface area contributed by atoms with Gasteiger partial charge in [0.1, 0.15) is 0 Å². The Kier molecular flexibility index (Phi) is 1.24. The number of nitrogens with one attached hydrogen (secondary N) is 1. The first-order valence-electron chi connectivity index (χ1n) is 3.76. The van der Waals surface area contributed by atoms with E-state index in [4.69, 9.17) is 0 Å². The Hall–Kier alpha value is -0.0800. The summed E-state index contributed by atoms with van der Waals surface area (Å²) >= 11 is 0. The van der Waals surface area contributed by atoms with E-state index in [-0.39, 0.29) is 6.10 Å². The maximum absolute atomic E-state index is 11.0. The molecule has 0 aliphatic carbocycles. The van der Waals surface area contributed by atoms with E-state index in [1.54, 1.807) is 0 Å². The second-order valence-electron chi connectivity index (χ2n) is 3.23. The van der Waals surface area contributed by atoms with Crippen LogP contribution in [0.15, 0.2) is 0 Å². The van der Waals surface area contributed by atoms with Gasteiger partial charge in [0, 0.05) is 12.1 Å². The SMILES string of the molecule is [O][C@@H]1C[C@H]2CC[C@@H](C1)N2. The molecule has 2 aliphatic rings. The first-order chi connectivity index (χ1) is 4.34. The topological polar surface area (TPSA) is 31.9 Å². The van der Waals surface area contributed by atoms with Gasteiger partial charge in [0.25, 0.3) is 0 Å². The van der Waals surface area contributed by atoms with Crippen LogP contribution in [-0.4, -0.2) is 18.2 Å². The van der Waals surface area contributed by atoms with Gasteiger partial charge < -0.3 is 5.32 Å². The standard InChI is InChI=1S/C7H12NO/c9-7-3-5-1-2-6(4-7)8-5/h5-8H,1-4H2/t5-,6+,7-. The zero-order chi connectivity index (χ0) is 6.27.